The number of hydrogen-bond donors (Lipinski definition) is 2. The van der Waals surface area contributed by atoms with Crippen LogP contribution in [0.1, 0.15) is 5.56 Å². The van der Waals surface area contributed by atoms with Crippen molar-refractivity contribution in [2.45, 2.75) is 13.1 Å². The van der Waals surface area contributed by atoms with Crippen molar-refractivity contribution in [1.29, 1.82) is 0 Å². The summed E-state index contributed by atoms with van der Waals surface area (Å²) >= 11 is 0. The predicted molar refractivity (Wildman–Crippen MR) is 77.8 cm³/mol. The molecule has 0 saturated carbocycles. The standard InChI is InChI=1S/C14H18N4O3/c1-17(14(20)9-18-8-11(15)6-16-18)7-10-3-4-12(19)13(5-10)21-2/h3-6,8,19H,7,9,15H2,1-2H3. The molecule has 0 spiro atoms. The van der Waals surface area contributed by atoms with Crippen LogP contribution in [0.3, 0.4) is 0 Å². The molecule has 1 amide bonds. The predicted octanol–water partition coefficient (Wildman–Crippen LogP) is 0.838. The van der Waals surface area contributed by atoms with E-state index in [-0.39, 0.29) is 18.2 Å². The summed E-state index contributed by atoms with van der Waals surface area (Å²) in [5.41, 5.74) is 6.94. The SMILES string of the molecule is COc1cc(CN(C)C(=O)Cn2cc(N)cn2)ccc1O. The van der Waals surface area contributed by atoms with Crippen LogP contribution in [0.25, 0.3) is 0 Å². The van der Waals surface area contributed by atoms with Crippen LogP contribution in [0.5, 0.6) is 11.5 Å². The smallest absolute Gasteiger partial charge is 0.244 e. The molecule has 0 fully saturated rings. The van der Waals surface area contributed by atoms with Gasteiger partial charge in [-0.3, -0.25) is 9.48 Å². The van der Waals surface area contributed by atoms with Crippen LogP contribution >= 0.6 is 0 Å². The van der Waals surface area contributed by atoms with Crippen molar-refractivity contribution in [3.63, 3.8) is 0 Å². The van der Waals surface area contributed by atoms with Gasteiger partial charge in [0.2, 0.25) is 5.91 Å². The quantitative estimate of drug-likeness (QED) is 0.851. The van der Waals surface area contributed by atoms with Gasteiger partial charge in [-0.2, -0.15) is 5.10 Å². The first-order valence-corrected chi connectivity index (χ1v) is 6.37. The summed E-state index contributed by atoms with van der Waals surface area (Å²) in [6.07, 6.45) is 3.10. The minimum absolute atomic E-state index is 0.0715. The zero-order valence-corrected chi connectivity index (χ0v) is 12.0. The summed E-state index contributed by atoms with van der Waals surface area (Å²) in [6.45, 7) is 0.537. The van der Waals surface area contributed by atoms with Crippen molar-refractivity contribution in [2.24, 2.45) is 0 Å². The van der Waals surface area contributed by atoms with Gasteiger partial charge in [-0.1, -0.05) is 6.07 Å². The van der Waals surface area contributed by atoms with Crippen molar-refractivity contribution in [2.75, 3.05) is 19.9 Å². The highest BCUT2D eigenvalue weighted by Gasteiger charge is 2.12. The van der Waals surface area contributed by atoms with Crippen LogP contribution in [0.2, 0.25) is 0 Å². The molecule has 112 valence electrons. The fourth-order valence-electron chi connectivity index (χ4n) is 1.91. The second-order valence-electron chi connectivity index (χ2n) is 4.73. The lowest BCUT2D eigenvalue weighted by molar-refractivity contribution is -0.131. The van der Waals surface area contributed by atoms with E-state index in [0.29, 0.717) is 18.0 Å². The third-order valence-electron chi connectivity index (χ3n) is 3.04. The molecule has 0 saturated heterocycles. The molecule has 7 nitrogen and oxygen atoms in total. The molecule has 0 unspecified atom stereocenters. The molecule has 7 heteroatoms. The fraction of sp³-hybridized carbons (Fsp3) is 0.286. The molecule has 0 atom stereocenters. The number of hydrogen-bond acceptors (Lipinski definition) is 5. The van der Waals surface area contributed by atoms with E-state index >= 15 is 0 Å². The number of aromatic hydroxyl groups is 1. The Kier molecular flexibility index (Phi) is 4.32. The zero-order valence-electron chi connectivity index (χ0n) is 12.0. The number of nitrogens with zero attached hydrogens (tertiary/aromatic N) is 3. The molecule has 1 heterocycles. The average Bonchev–Trinajstić information content (AvgIpc) is 2.86. The lowest BCUT2D eigenvalue weighted by atomic mass is 10.2. The Morgan fingerprint density at radius 2 is 2.29 bits per heavy atom. The van der Waals surface area contributed by atoms with E-state index in [4.69, 9.17) is 10.5 Å². The Morgan fingerprint density at radius 3 is 2.90 bits per heavy atom. The summed E-state index contributed by atoms with van der Waals surface area (Å²) < 4.78 is 6.54. The molecule has 0 radical (unpaired) electrons. The first-order chi connectivity index (χ1) is 9.99. The van der Waals surface area contributed by atoms with E-state index < -0.39 is 0 Å². The van der Waals surface area contributed by atoms with Crippen LogP contribution in [0, 0.1) is 0 Å². The molecule has 21 heavy (non-hydrogen) atoms. The van der Waals surface area contributed by atoms with E-state index in [1.165, 1.54) is 18.0 Å². The number of aromatic nitrogens is 2. The molecule has 0 bridgehead atoms. The molecule has 1 aromatic heterocycles. The lowest BCUT2D eigenvalue weighted by Crippen LogP contribution is -2.29. The van der Waals surface area contributed by atoms with Gasteiger partial charge in [0.25, 0.3) is 0 Å². The maximum Gasteiger partial charge on any atom is 0.244 e. The third kappa shape index (κ3) is 3.65. The summed E-state index contributed by atoms with van der Waals surface area (Å²) in [7, 11) is 3.18. The number of amides is 1. The Hall–Kier alpha value is -2.70. The van der Waals surface area contributed by atoms with Crippen molar-refractivity contribution < 1.29 is 14.6 Å². The van der Waals surface area contributed by atoms with Gasteiger partial charge in [0, 0.05) is 19.8 Å². The van der Waals surface area contributed by atoms with Gasteiger partial charge in [-0.25, -0.2) is 0 Å². The summed E-state index contributed by atoms with van der Waals surface area (Å²) in [5.74, 6) is 0.362. The van der Waals surface area contributed by atoms with Gasteiger partial charge in [0.05, 0.1) is 19.0 Å². The molecule has 3 N–H and O–H groups in total. The van der Waals surface area contributed by atoms with Crippen molar-refractivity contribution in [3.05, 3.63) is 36.2 Å². The van der Waals surface area contributed by atoms with Crippen molar-refractivity contribution in [3.8, 4) is 11.5 Å². The molecule has 2 aromatic rings. The number of anilines is 1. The number of nitrogens with two attached hydrogens (primary N) is 1. The molecule has 1 aromatic carbocycles. The topological polar surface area (TPSA) is 93.6 Å². The minimum Gasteiger partial charge on any atom is -0.504 e. The molecule has 0 aliphatic heterocycles. The van der Waals surface area contributed by atoms with E-state index in [1.807, 2.05) is 0 Å². The number of benzene rings is 1. The van der Waals surface area contributed by atoms with E-state index in [2.05, 4.69) is 5.10 Å². The maximum atomic E-state index is 12.1. The maximum absolute atomic E-state index is 12.1. The van der Waals surface area contributed by atoms with Gasteiger partial charge in [0.15, 0.2) is 11.5 Å². The summed E-state index contributed by atoms with van der Waals surface area (Å²) in [5, 5.41) is 13.5. The van der Waals surface area contributed by atoms with Crippen LogP contribution in [0.4, 0.5) is 5.69 Å². The number of likely N-dealkylation sites (N-methyl/N-ethyl adjacent to an activating group) is 1. The summed E-state index contributed by atoms with van der Waals surface area (Å²) in [6, 6.07) is 4.99. The highest BCUT2D eigenvalue weighted by molar-refractivity contribution is 5.75. The van der Waals surface area contributed by atoms with Crippen molar-refractivity contribution >= 4 is 11.6 Å². The second-order valence-corrected chi connectivity index (χ2v) is 4.73. The number of ether oxygens (including phenoxy) is 1. The number of phenolic OH excluding ortho intramolecular Hbond substituents is 1. The molecular weight excluding hydrogens is 272 g/mol. The van der Waals surface area contributed by atoms with Gasteiger partial charge >= 0.3 is 0 Å². The number of methoxy groups -OCH3 is 1. The Balaban J connectivity index is 2.00. The normalized spacial score (nSPS) is 10.4. The van der Waals surface area contributed by atoms with E-state index in [9.17, 15) is 9.90 Å². The first kappa shape index (κ1) is 14.7. The molecule has 0 aliphatic rings. The van der Waals surface area contributed by atoms with Crippen LogP contribution in [-0.2, 0) is 17.9 Å². The summed E-state index contributed by atoms with van der Waals surface area (Å²) in [4.78, 5) is 13.7. The van der Waals surface area contributed by atoms with Gasteiger partial charge in [-0.05, 0) is 17.7 Å². The van der Waals surface area contributed by atoms with Crippen LogP contribution < -0.4 is 10.5 Å². The second kappa shape index (κ2) is 6.17. The first-order valence-electron chi connectivity index (χ1n) is 6.37. The Morgan fingerprint density at radius 1 is 1.52 bits per heavy atom. The third-order valence-corrected chi connectivity index (χ3v) is 3.04. The van der Waals surface area contributed by atoms with Gasteiger partial charge in [-0.15, -0.1) is 0 Å². The molecule has 0 aliphatic carbocycles. The Labute approximate surface area is 122 Å². The lowest BCUT2D eigenvalue weighted by Gasteiger charge is -2.18. The van der Waals surface area contributed by atoms with Crippen molar-refractivity contribution in [1.82, 2.24) is 14.7 Å². The van der Waals surface area contributed by atoms with E-state index in [0.717, 1.165) is 5.56 Å². The number of carbonyl (C=O) groups is 1. The number of phenols is 1. The number of carbonyl (C=O) groups excluding carboxylic acids is 1. The Bertz CT molecular complexity index is 639. The largest absolute Gasteiger partial charge is 0.504 e. The number of nitrogen functional groups attached to an aromatic ring is 1. The zero-order chi connectivity index (χ0) is 15.4. The number of rotatable bonds is 5. The fourth-order valence-corrected chi connectivity index (χ4v) is 1.91. The van der Waals surface area contributed by atoms with Gasteiger partial charge < -0.3 is 20.5 Å². The van der Waals surface area contributed by atoms with Crippen LogP contribution in [-0.4, -0.2) is 39.9 Å². The van der Waals surface area contributed by atoms with Crippen LogP contribution in [0.15, 0.2) is 30.6 Å². The molecular formula is C14H18N4O3. The molecule has 2 rings (SSSR count). The van der Waals surface area contributed by atoms with Gasteiger partial charge in [0.1, 0.15) is 6.54 Å². The highest BCUT2D eigenvalue weighted by Crippen LogP contribution is 2.26. The monoisotopic (exact) mass is 290 g/mol. The van der Waals surface area contributed by atoms with E-state index in [1.54, 1.807) is 36.3 Å². The average molecular weight is 290 g/mol. The highest BCUT2D eigenvalue weighted by atomic mass is 16.5. The minimum atomic E-state index is -0.0925.